The van der Waals surface area contributed by atoms with Gasteiger partial charge in [-0.15, -0.1) is 0 Å². The van der Waals surface area contributed by atoms with Crippen LogP contribution in [0.25, 0.3) is 11.4 Å². The number of rotatable bonds is 4. The number of ether oxygens (including phenoxy) is 1. The summed E-state index contributed by atoms with van der Waals surface area (Å²) in [4.78, 5) is 23.4. The summed E-state index contributed by atoms with van der Waals surface area (Å²) in [6.45, 7) is 6.74. The van der Waals surface area contributed by atoms with Crippen molar-refractivity contribution in [2.75, 3.05) is 6.54 Å². The van der Waals surface area contributed by atoms with Gasteiger partial charge < -0.3 is 9.64 Å². The Kier molecular flexibility index (Phi) is 6.03. The molecule has 31 heavy (non-hydrogen) atoms. The zero-order valence-corrected chi connectivity index (χ0v) is 18.5. The van der Waals surface area contributed by atoms with Crippen LogP contribution in [0.5, 0.6) is 0 Å². The fraction of sp³-hybridized carbons (Fsp3) is 0.346. The van der Waals surface area contributed by atoms with Gasteiger partial charge in [-0.3, -0.25) is 0 Å². The molecule has 160 valence electrons. The van der Waals surface area contributed by atoms with Crippen LogP contribution in [0, 0.1) is 0 Å². The Morgan fingerprint density at radius 3 is 2.35 bits per heavy atom. The third-order valence-corrected chi connectivity index (χ3v) is 5.34. The molecule has 1 aromatic heterocycles. The molecule has 0 unspecified atom stereocenters. The minimum atomic E-state index is -0.495. The topological polar surface area (TPSA) is 55.3 Å². The van der Waals surface area contributed by atoms with E-state index in [9.17, 15) is 4.79 Å². The second-order valence-corrected chi connectivity index (χ2v) is 9.00. The number of nitrogens with zero attached hydrogens (tertiary/aromatic N) is 3. The van der Waals surface area contributed by atoms with Gasteiger partial charge in [-0.05, 0) is 44.7 Å². The van der Waals surface area contributed by atoms with E-state index in [1.807, 2.05) is 33.0 Å². The van der Waals surface area contributed by atoms with Crippen molar-refractivity contribution < 1.29 is 9.53 Å². The van der Waals surface area contributed by atoms with Crippen LogP contribution in [0.1, 0.15) is 43.2 Å². The smallest absolute Gasteiger partial charge is 0.410 e. The first-order valence-electron chi connectivity index (χ1n) is 10.8. The Morgan fingerprint density at radius 2 is 1.68 bits per heavy atom. The fourth-order valence-electron chi connectivity index (χ4n) is 3.69. The van der Waals surface area contributed by atoms with Crippen LogP contribution in [0.2, 0.25) is 0 Å². The summed E-state index contributed by atoms with van der Waals surface area (Å²) < 4.78 is 5.49. The van der Waals surface area contributed by atoms with Crippen molar-refractivity contribution >= 4 is 6.09 Å². The van der Waals surface area contributed by atoms with Gasteiger partial charge in [-0.1, -0.05) is 54.6 Å². The number of carbonyl (C=O) groups excluding carboxylic acids is 1. The van der Waals surface area contributed by atoms with Crippen molar-refractivity contribution in [2.24, 2.45) is 0 Å². The highest BCUT2D eigenvalue weighted by Gasteiger charge is 2.26. The molecule has 5 heteroatoms. The number of aromatic nitrogens is 2. The molecule has 1 amide bonds. The van der Waals surface area contributed by atoms with Crippen LogP contribution in [0.3, 0.4) is 0 Å². The third kappa shape index (κ3) is 5.48. The minimum Gasteiger partial charge on any atom is -0.444 e. The summed E-state index contributed by atoms with van der Waals surface area (Å²) in [5.74, 6) is 0.735. The van der Waals surface area contributed by atoms with Gasteiger partial charge in [-0.2, -0.15) is 0 Å². The van der Waals surface area contributed by atoms with E-state index in [2.05, 4.69) is 53.5 Å². The standard InChI is InChI=1S/C26H29N3O2/c1-26(2,3)31-25(30)29-16-15-23-22(18-29)17-27-24(28-23)21-13-11-20(12-14-21)10-9-19-7-5-4-6-8-19/h4-8,11-14,17H,9-10,15-16,18H2,1-3H3. The molecule has 0 saturated heterocycles. The molecule has 0 fully saturated rings. The van der Waals surface area contributed by atoms with Gasteiger partial charge in [-0.25, -0.2) is 14.8 Å². The highest BCUT2D eigenvalue weighted by atomic mass is 16.6. The van der Waals surface area contributed by atoms with E-state index in [-0.39, 0.29) is 6.09 Å². The number of amides is 1. The van der Waals surface area contributed by atoms with Gasteiger partial charge in [0.05, 0.1) is 12.2 Å². The van der Waals surface area contributed by atoms with Crippen LogP contribution < -0.4 is 0 Å². The Bertz CT molecular complexity index is 1040. The Labute approximate surface area is 184 Å². The second kappa shape index (κ2) is 8.88. The molecule has 4 rings (SSSR count). The highest BCUT2D eigenvalue weighted by Crippen LogP contribution is 2.23. The van der Waals surface area contributed by atoms with E-state index in [0.717, 1.165) is 35.5 Å². The van der Waals surface area contributed by atoms with Crippen molar-refractivity contribution in [3.8, 4) is 11.4 Å². The molecule has 0 aliphatic carbocycles. The van der Waals surface area contributed by atoms with Crippen LogP contribution in [-0.2, 0) is 30.5 Å². The molecule has 0 spiro atoms. The maximum absolute atomic E-state index is 12.4. The van der Waals surface area contributed by atoms with E-state index >= 15 is 0 Å². The molecule has 0 bridgehead atoms. The first kappa shape index (κ1) is 21.0. The summed E-state index contributed by atoms with van der Waals surface area (Å²) in [6.07, 6.45) is 4.31. The maximum Gasteiger partial charge on any atom is 0.410 e. The maximum atomic E-state index is 12.4. The molecular weight excluding hydrogens is 386 g/mol. The number of hydrogen-bond acceptors (Lipinski definition) is 4. The number of aryl methyl sites for hydroxylation is 2. The van der Waals surface area contributed by atoms with Gasteiger partial charge in [0.15, 0.2) is 5.82 Å². The first-order valence-corrected chi connectivity index (χ1v) is 10.8. The summed E-state index contributed by atoms with van der Waals surface area (Å²) in [6, 6.07) is 19.0. The quantitative estimate of drug-likeness (QED) is 0.586. The molecule has 0 radical (unpaired) electrons. The van der Waals surface area contributed by atoms with Crippen LogP contribution in [0.15, 0.2) is 60.8 Å². The van der Waals surface area contributed by atoms with Crippen molar-refractivity contribution in [1.29, 1.82) is 0 Å². The first-order chi connectivity index (χ1) is 14.9. The van der Waals surface area contributed by atoms with E-state index in [1.165, 1.54) is 11.1 Å². The molecule has 2 heterocycles. The van der Waals surface area contributed by atoms with E-state index in [0.29, 0.717) is 19.5 Å². The predicted octanol–water partition coefficient (Wildman–Crippen LogP) is 5.22. The lowest BCUT2D eigenvalue weighted by atomic mass is 10.0. The summed E-state index contributed by atoms with van der Waals surface area (Å²) in [7, 11) is 0. The third-order valence-electron chi connectivity index (χ3n) is 5.34. The minimum absolute atomic E-state index is 0.284. The number of fused-ring (bicyclic) bond motifs is 1. The average molecular weight is 416 g/mol. The normalized spacial score (nSPS) is 13.6. The Morgan fingerprint density at radius 1 is 1.00 bits per heavy atom. The van der Waals surface area contributed by atoms with E-state index in [1.54, 1.807) is 4.90 Å². The molecule has 5 nitrogen and oxygen atoms in total. The number of benzene rings is 2. The molecule has 3 aromatic rings. The van der Waals surface area contributed by atoms with Gasteiger partial charge in [0.1, 0.15) is 5.60 Å². The molecule has 1 aliphatic heterocycles. The molecule has 2 aromatic carbocycles. The summed E-state index contributed by atoms with van der Waals surface area (Å²) in [5.41, 5.74) is 5.17. The zero-order chi connectivity index (χ0) is 21.8. The number of hydrogen-bond donors (Lipinski definition) is 0. The lowest BCUT2D eigenvalue weighted by Crippen LogP contribution is -2.40. The van der Waals surface area contributed by atoms with E-state index in [4.69, 9.17) is 9.72 Å². The Hall–Kier alpha value is -3.21. The van der Waals surface area contributed by atoms with Crippen molar-refractivity contribution in [2.45, 2.75) is 52.2 Å². The summed E-state index contributed by atoms with van der Waals surface area (Å²) in [5, 5.41) is 0. The predicted molar refractivity (Wildman–Crippen MR) is 122 cm³/mol. The van der Waals surface area contributed by atoms with Crippen molar-refractivity contribution in [1.82, 2.24) is 14.9 Å². The Balaban J connectivity index is 1.41. The van der Waals surface area contributed by atoms with Crippen molar-refractivity contribution in [3.05, 3.63) is 83.2 Å². The second-order valence-electron chi connectivity index (χ2n) is 9.00. The van der Waals surface area contributed by atoms with Gasteiger partial charge in [0, 0.05) is 30.3 Å². The zero-order valence-electron chi connectivity index (χ0n) is 18.5. The van der Waals surface area contributed by atoms with Crippen LogP contribution >= 0.6 is 0 Å². The molecular formula is C26H29N3O2. The highest BCUT2D eigenvalue weighted by molar-refractivity contribution is 5.68. The molecule has 1 aliphatic rings. The molecule has 0 saturated carbocycles. The lowest BCUT2D eigenvalue weighted by molar-refractivity contribution is 0.0222. The largest absolute Gasteiger partial charge is 0.444 e. The van der Waals surface area contributed by atoms with Crippen molar-refractivity contribution in [3.63, 3.8) is 0 Å². The number of carbonyl (C=O) groups is 1. The van der Waals surface area contributed by atoms with E-state index < -0.39 is 5.60 Å². The van der Waals surface area contributed by atoms with Gasteiger partial charge in [0.25, 0.3) is 0 Å². The van der Waals surface area contributed by atoms with Gasteiger partial charge >= 0.3 is 6.09 Å². The average Bonchev–Trinajstić information content (AvgIpc) is 2.77. The molecule has 0 N–H and O–H groups in total. The summed E-state index contributed by atoms with van der Waals surface area (Å²) >= 11 is 0. The molecule has 0 atom stereocenters. The van der Waals surface area contributed by atoms with Crippen LogP contribution in [-0.4, -0.2) is 33.1 Å². The monoisotopic (exact) mass is 415 g/mol. The SMILES string of the molecule is CC(C)(C)OC(=O)N1CCc2nc(-c3ccc(CCc4ccccc4)cc3)ncc2C1. The van der Waals surface area contributed by atoms with Crippen LogP contribution in [0.4, 0.5) is 4.79 Å². The fourth-order valence-corrected chi connectivity index (χ4v) is 3.69. The lowest BCUT2D eigenvalue weighted by Gasteiger charge is -2.30. The van der Waals surface area contributed by atoms with Gasteiger partial charge in [0.2, 0.25) is 0 Å².